The van der Waals surface area contributed by atoms with Crippen molar-refractivity contribution < 1.29 is 19.0 Å². The average molecular weight is 327 g/mol. The minimum Gasteiger partial charge on any atom is -0.454 e. The summed E-state index contributed by atoms with van der Waals surface area (Å²) < 4.78 is 16.4. The highest BCUT2D eigenvalue weighted by Gasteiger charge is 2.34. The zero-order chi connectivity index (χ0) is 15.9. The van der Waals surface area contributed by atoms with Gasteiger partial charge in [0, 0.05) is 18.7 Å². The second-order valence-electron chi connectivity index (χ2n) is 6.18. The fourth-order valence-corrected chi connectivity index (χ4v) is 3.02. The van der Waals surface area contributed by atoms with E-state index < -0.39 is 0 Å². The predicted molar refractivity (Wildman–Crippen MR) is 82.8 cm³/mol. The number of nitrogens with one attached hydrogen (secondary N) is 1. The Morgan fingerprint density at radius 2 is 2.05 bits per heavy atom. The Bertz CT molecular complexity index is 605. The summed E-state index contributed by atoms with van der Waals surface area (Å²) in [5, 5.41) is 3.25. The number of morpholine rings is 1. The van der Waals surface area contributed by atoms with Gasteiger partial charge >= 0.3 is 6.03 Å². The lowest BCUT2D eigenvalue weighted by atomic mass is 10.1. The molecule has 3 rings (SSSR count). The van der Waals surface area contributed by atoms with Crippen molar-refractivity contribution in [2.75, 3.05) is 25.2 Å². The van der Waals surface area contributed by atoms with Gasteiger partial charge in [0.1, 0.15) is 0 Å². The lowest BCUT2D eigenvalue weighted by Gasteiger charge is -2.41. The lowest BCUT2D eigenvalue weighted by molar-refractivity contribution is -0.116. The van der Waals surface area contributed by atoms with Gasteiger partial charge < -0.3 is 24.4 Å². The van der Waals surface area contributed by atoms with Crippen LogP contribution in [0, 0.1) is 0 Å². The van der Waals surface area contributed by atoms with Gasteiger partial charge in [-0.1, -0.05) is 11.6 Å². The van der Waals surface area contributed by atoms with Crippen LogP contribution in [-0.2, 0) is 4.74 Å². The van der Waals surface area contributed by atoms with Gasteiger partial charge in [-0.2, -0.15) is 0 Å². The molecular formula is C15H19ClN2O4. The summed E-state index contributed by atoms with van der Waals surface area (Å²) in [4.78, 5) is 14.2. The number of benzene rings is 1. The molecule has 7 heteroatoms. The smallest absolute Gasteiger partial charge is 0.322 e. The third-order valence-electron chi connectivity index (χ3n) is 3.56. The van der Waals surface area contributed by atoms with Crippen LogP contribution in [0.4, 0.5) is 10.5 Å². The zero-order valence-corrected chi connectivity index (χ0v) is 13.6. The Morgan fingerprint density at radius 3 is 2.73 bits per heavy atom. The van der Waals surface area contributed by atoms with E-state index in [0.717, 1.165) is 0 Å². The van der Waals surface area contributed by atoms with Gasteiger partial charge in [-0.15, -0.1) is 0 Å². The number of anilines is 1. The summed E-state index contributed by atoms with van der Waals surface area (Å²) in [7, 11) is 0. The molecule has 120 valence electrons. The number of nitrogens with zero attached hydrogens (tertiary/aromatic N) is 1. The second kappa shape index (κ2) is 5.52. The molecule has 2 aliphatic heterocycles. The number of amides is 2. The van der Waals surface area contributed by atoms with Crippen LogP contribution >= 0.6 is 11.6 Å². The van der Waals surface area contributed by atoms with Gasteiger partial charge in [-0.25, -0.2) is 4.79 Å². The van der Waals surface area contributed by atoms with Crippen molar-refractivity contribution in [2.24, 2.45) is 0 Å². The fourth-order valence-electron chi connectivity index (χ4n) is 2.82. The maximum absolute atomic E-state index is 12.5. The van der Waals surface area contributed by atoms with Crippen LogP contribution in [0.15, 0.2) is 12.1 Å². The molecule has 6 nitrogen and oxygen atoms in total. The topological polar surface area (TPSA) is 60.0 Å². The van der Waals surface area contributed by atoms with Crippen LogP contribution in [0.2, 0.25) is 5.02 Å². The normalized spacial score (nSPS) is 22.5. The molecule has 0 unspecified atom stereocenters. The molecule has 1 aromatic rings. The maximum atomic E-state index is 12.5. The minimum atomic E-state index is -0.367. The standard InChI is InChI=1S/C15H19ClN2O4/c1-9-6-18(7-15(2,3)22-9)14(19)17-11-5-13-12(4-10(11)16)20-8-21-13/h4-5,9H,6-8H2,1-3H3,(H,17,19)/t9-/m0/s1. The summed E-state index contributed by atoms with van der Waals surface area (Å²) in [6.45, 7) is 7.11. The van der Waals surface area contributed by atoms with Crippen molar-refractivity contribution in [3.8, 4) is 11.5 Å². The zero-order valence-electron chi connectivity index (χ0n) is 12.8. The number of fused-ring (bicyclic) bond motifs is 1. The lowest BCUT2D eigenvalue weighted by Crippen LogP contribution is -2.54. The second-order valence-corrected chi connectivity index (χ2v) is 6.59. The highest BCUT2D eigenvalue weighted by molar-refractivity contribution is 6.34. The van der Waals surface area contributed by atoms with Crippen molar-refractivity contribution in [1.29, 1.82) is 0 Å². The molecule has 1 N–H and O–H groups in total. The van der Waals surface area contributed by atoms with Crippen LogP contribution in [-0.4, -0.2) is 42.5 Å². The van der Waals surface area contributed by atoms with E-state index in [1.54, 1.807) is 17.0 Å². The van der Waals surface area contributed by atoms with E-state index in [9.17, 15) is 4.79 Å². The van der Waals surface area contributed by atoms with Crippen LogP contribution in [0.1, 0.15) is 20.8 Å². The molecule has 0 radical (unpaired) electrons. The van der Waals surface area contributed by atoms with E-state index in [2.05, 4.69) is 5.32 Å². The number of carbonyl (C=O) groups is 1. The Morgan fingerprint density at radius 1 is 1.36 bits per heavy atom. The first-order chi connectivity index (χ1) is 10.3. The molecule has 0 spiro atoms. The Hall–Kier alpha value is -1.66. The van der Waals surface area contributed by atoms with E-state index in [1.807, 2.05) is 20.8 Å². The summed E-state index contributed by atoms with van der Waals surface area (Å²) in [6.07, 6.45) is -0.0123. The van der Waals surface area contributed by atoms with E-state index >= 15 is 0 Å². The van der Waals surface area contributed by atoms with E-state index in [0.29, 0.717) is 35.3 Å². The Labute approximate surface area is 134 Å². The van der Waals surface area contributed by atoms with Crippen molar-refractivity contribution >= 4 is 23.3 Å². The largest absolute Gasteiger partial charge is 0.454 e. The van der Waals surface area contributed by atoms with Crippen LogP contribution in [0.25, 0.3) is 0 Å². The van der Waals surface area contributed by atoms with Gasteiger partial charge in [-0.05, 0) is 20.8 Å². The van der Waals surface area contributed by atoms with Crippen molar-refractivity contribution in [3.63, 3.8) is 0 Å². The maximum Gasteiger partial charge on any atom is 0.322 e. The quantitative estimate of drug-likeness (QED) is 0.861. The molecule has 0 bridgehead atoms. The number of rotatable bonds is 1. The molecule has 1 atom stereocenters. The van der Waals surface area contributed by atoms with E-state index in [-0.39, 0.29) is 24.5 Å². The molecule has 22 heavy (non-hydrogen) atoms. The predicted octanol–water partition coefficient (Wildman–Crippen LogP) is 3.10. The SMILES string of the molecule is C[C@H]1CN(C(=O)Nc2cc3c(cc2Cl)OCO3)CC(C)(C)O1. The van der Waals surface area contributed by atoms with Crippen LogP contribution in [0.5, 0.6) is 11.5 Å². The first kappa shape index (κ1) is 15.2. The molecule has 0 saturated carbocycles. The molecule has 1 saturated heterocycles. The van der Waals surface area contributed by atoms with Gasteiger partial charge in [0.2, 0.25) is 6.79 Å². The summed E-state index contributed by atoms with van der Waals surface area (Å²) >= 11 is 6.18. The number of carbonyl (C=O) groups excluding carboxylic acids is 1. The molecule has 0 aliphatic carbocycles. The molecular weight excluding hydrogens is 308 g/mol. The molecule has 1 fully saturated rings. The first-order valence-electron chi connectivity index (χ1n) is 7.17. The number of urea groups is 1. The molecule has 2 amide bonds. The molecule has 1 aromatic carbocycles. The monoisotopic (exact) mass is 326 g/mol. The van der Waals surface area contributed by atoms with E-state index in [4.69, 9.17) is 25.8 Å². The van der Waals surface area contributed by atoms with Crippen LogP contribution in [0.3, 0.4) is 0 Å². The van der Waals surface area contributed by atoms with Crippen LogP contribution < -0.4 is 14.8 Å². The third-order valence-corrected chi connectivity index (χ3v) is 3.87. The van der Waals surface area contributed by atoms with Gasteiger partial charge in [0.25, 0.3) is 0 Å². The Kier molecular flexibility index (Phi) is 3.82. The highest BCUT2D eigenvalue weighted by Crippen LogP contribution is 2.39. The van der Waals surface area contributed by atoms with Crippen molar-refractivity contribution in [3.05, 3.63) is 17.2 Å². The van der Waals surface area contributed by atoms with Gasteiger partial charge in [0.15, 0.2) is 11.5 Å². The molecule has 0 aromatic heterocycles. The van der Waals surface area contributed by atoms with Crippen molar-refractivity contribution in [2.45, 2.75) is 32.5 Å². The van der Waals surface area contributed by atoms with E-state index in [1.165, 1.54) is 0 Å². The summed E-state index contributed by atoms with van der Waals surface area (Å²) in [5.41, 5.74) is 0.140. The summed E-state index contributed by atoms with van der Waals surface area (Å²) in [5.74, 6) is 1.17. The van der Waals surface area contributed by atoms with Crippen molar-refractivity contribution in [1.82, 2.24) is 4.90 Å². The number of hydrogen-bond acceptors (Lipinski definition) is 4. The van der Waals surface area contributed by atoms with Gasteiger partial charge in [-0.3, -0.25) is 0 Å². The number of hydrogen-bond donors (Lipinski definition) is 1. The molecule has 2 aliphatic rings. The number of halogens is 1. The fraction of sp³-hybridized carbons (Fsp3) is 0.533. The summed E-state index contributed by atoms with van der Waals surface area (Å²) in [6, 6.07) is 3.12. The first-order valence-corrected chi connectivity index (χ1v) is 7.55. The molecule has 2 heterocycles. The minimum absolute atomic E-state index is 0.0123. The Balaban J connectivity index is 1.74. The van der Waals surface area contributed by atoms with Gasteiger partial charge in [0.05, 0.1) is 29.0 Å². The highest BCUT2D eigenvalue weighted by atomic mass is 35.5. The average Bonchev–Trinajstić information content (AvgIpc) is 2.83. The third kappa shape index (κ3) is 3.08. The number of ether oxygens (including phenoxy) is 3.